The maximum Gasteiger partial charge on any atom is 0.150 e. The Bertz CT molecular complexity index is 899. The Balaban J connectivity index is 1.34. The van der Waals surface area contributed by atoms with Gasteiger partial charge in [0, 0.05) is 61.8 Å². The summed E-state index contributed by atoms with van der Waals surface area (Å²) >= 11 is 0. The van der Waals surface area contributed by atoms with Crippen molar-refractivity contribution >= 4 is 22.4 Å². The number of rotatable bonds is 3. The zero-order chi connectivity index (χ0) is 16.6. The Hall–Kier alpha value is -2.76. The fourth-order valence-electron chi connectivity index (χ4n) is 3.58. The highest BCUT2D eigenvalue weighted by Gasteiger charge is 2.31. The molecule has 0 spiro atoms. The van der Waals surface area contributed by atoms with Gasteiger partial charge in [-0.2, -0.15) is 0 Å². The smallest absolute Gasteiger partial charge is 0.150 e. The average Bonchev–Trinajstić information content (AvgIpc) is 3.53. The predicted octanol–water partition coefficient (Wildman–Crippen LogP) is 2.62. The van der Waals surface area contributed by atoms with Gasteiger partial charge in [0.2, 0.25) is 0 Å². The molecule has 1 saturated carbocycles. The monoisotopic (exact) mass is 332 g/mol. The van der Waals surface area contributed by atoms with Crippen LogP contribution in [0.5, 0.6) is 0 Å². The van der Waals surface area contributed by atoms with Crippen molar-refractivity contribution in [3.8, 4) is 0 Å². The second-order valence-corrected chi connectivity index (χ2v) is 6.78. The Morgan fingerprint density at radius 2 is 1.68 bits per heavy atom. The fraction of sp³-hybridized carbons (Fsp3) is 0.368. The van der Waals surface area contributed by atoms with Crippen LogP contribution in [-0.2, 0) is 0 Å². The molecular formula is C19H20N6. The first-order valence-electron chi connectivity index (χ1n) is 8.89. The molecule has 0 unspecified atom stereocenters. The Morgan fingerprint density at radius 1 is 0.880 bits per heavy atom. The summed E-state index contributed by atoms with van der Waals surface area (Å²) in [5.74, 6) is 1.72. The lowest BCUT2D eigenvalue weighted by atomic mass is 10.2. The van der Waals surface area contributed by atoms with Crippen molar-refractivity contribution in [2.45, 2.75) is 18.8 Å². The van der Waals surface area contributed by atoms with Crippen molar-refractivity contribution in [1.82, 2.24) is 19.9 Å². The summed E-state index contributed by atoms with van der Waals surface area (Å²) in [6.45, 7) is 3.92. The van der Waals surface area contributed by atoms with Crippen molar-refractivity contribution in [2.24, 2.45) is 0 Å². The van der Waals surface area contributed by atoms with Gasteiger partial charge in [0.05, 0.1) is 11.2 Å². The van der Waals surface area contributed by atoms with Gasteiger partial charge in [-0.05, 0) is 31.0 Å². The third kappa shape index (κ3) is 2.77. The van der Waals surface area contributed by atoms with Crippen molar-refractivity contribution in [3.05, 3.63) is 48.8 Å². The van der Waals surface area contributed by atoms with E-state index in [1.165, 1.54) is 24.2 Å². The van der Waals surface area contributed by atoms with Crippen LogP contribution in [-0.4, -0.2) is 46.1 Å². The van der Waals surface area contributed by atoms with Crippen LogP contribution >= 0.6 is 0 Å². The van der Waals surface area contributed by atoms with Gasteiger partial charge < -0.3 is 9.80 Å². The molecule has 1 aromatic carbocycles. The Kier molecular flexibility index (Phi) is 3.47. The fourth-order valence-corrected chi connectivity index (χ4v) is 3.58. The zero-order valence-corrected chi connectivity index (χ0v) is 14.0. The summed E-state index contributed by atoms with van der Waals surface area (Å²) in [5.41, 5.74) is 3.42. The normalized spacial score (nSPS) is 17.9. The number of anilines is 2. The molecule has 2 aromatic heterocycles. The van der Waals surface area contributed by atoms with Crippen LogP contribution in [0, 0.1) is 0 Å². The van der Waals surface area contributed by atoms with Crippen LogP contribution in [0.1, 0.15) is 24.5 Å². The highest BCUT2D eigenvalue weighted by atomic mass is 15.3. The predicted molar refractivity (Wildman–Crippen MR) is 98.0 cm³/mol. The third-order valence-electron chi connectivity index (χ3n) is 5.10. The maximum atomic E-state index is 4.63. The second kappa shape index (κ2) is 5.95. The van der Waals surface area contributed by atoms with E-state index < -0.39 is 0 Å². The molecule has 25 heavy (non-hydrogen) atoms. The summed E-state index contributed by atoms with van der Waals surface area (Å²) in [7, 11) is 0. The molecule has 0 radical (unpaired) electrons. The minimum absolute atomic E-state index is 0.627. The Labute approximate surface area is 146 Å². The van der Waals surface area contributed by atoms with Crippen LogP contribution in [0.4, 0.5) is 11.5 Å². The molecule has 0 N–H and O–H groups in total. The van der Waals surface area contributed by atoms with E-state index in [9.17, 15) is 0 Å². The summed E-state index contributed by atoms with van der Waals surface area (Å²) in [4.78, 5) is 22.5. The molecule has 1 aliphatic carbocycles. The summed E-state index contributed by atoms with van der Waals surface area (Å²) in [5, 5.41) is 1.09. The highest BCUT2D eigenvalue weighted by Crippen LogP contribution is 2.42. The van der Waals surface area contributed by atoms with E-state index in [-0.39, 0.29) is 0 Å². The molecule has 0 amide bonds. The van der Waals surface area contributed by atoms with Crippen LogP contribution in [0.2, 0.25) is 0 Å². The van der Waals surface area contributed by atoms with Crippen molar-refractivity contribution in [1.29, 1.82) is 0 Å². The van der Waals surface area contributed by atoms with Crippen molar-refractivity contribution in [2.75, 3.05) is 36.0 Å². The average molecular weight is 332 g/mol. The standard InChI is InChI=1S/C19H20N6/c1-2-14(1)18-19(22-6-5-21-18)25-9-7-24(8-10-25)16-3-4-17-15(11-16)12-20-13-23-17/h3-6,11-14H,1-2,7-10H2. The quantitative estimate of drug-likeness (QED) is 0.735. The molecule has 6 heteroatoms. The SMILES string of the molecule is c1cnc(N2CCN(c3ccc4ncncc4c3)CC2)c(C2CC2)n1. The first kappa shape index (κ1) is 14.6. The largest absolute Gasteiger partial charge is 0.368 e. The Morgan fingerprint density at radius 3 is 2.52 bits per heavy atom. The lowest BCUT2D eigenvalue weighted by Crippen LogP contribution is -2.47. The molecule has 0 bridgehead atoms. The topological polar surface area (TPSA) is 58.0 Å². The van der Waals surface area contributed by atoms with Gasteiger partial charge in [-0.25, -0.2) is 15.0 Å². The van der Waals surface area contributed by atoms with E-state index in [1.807, 2.05) is 18.6 Å². The number of piperazine rings is 1. The number of nitrogens with zero attached hydrogens (tertiary/aromatic N) is 6. The van der Waals surface area contributed by atoms with Crippen molar-refractivity contribution < 1.29 is 0 Å². The van der Waals surface area contributed by atoms with Crippen LogP contribution in [0.25, 0.3) is 10.9 Å². The molecule has 126 valence electrons. The number of hydrogen-bond donors (Lipinski definition) is 0. The first-order valence-corrected chi connectivity index (χ1v) is 8.89. The minimum Gasteiger partial charge on any atom is -0.368 e. The van der Waals surface area contributed by atoms with Gasteiger partial charge >= 0.3 is 0 Å². The molecule has 2 aliphatic rings. The summed E-state index contributed by atoms with van der Waals surface area (Å²) in [6.07, 6.45) is 9.62. The van der Waals surface area contributed by atoms with Gasteiger partial charge in [-0.15, -0.1) is 0 Å². The molecule has 1 aliphatic heterocycles. The van der Waals surface area contributed by atoms with Gasteiger partial charge in [-0.3, -0.25) is 4.98 Å². The highest BCUT2D eigenvalue weighted by molar-refractivity contribution is 5.81. The lowest BCUT2D eigenvalue weighted by molar-refractivity contribution is 0.642. The van der Waals surface area contributed by atoms with E-state index in [4.69, 9.17) is 0 Å². The van der Waals surface area contributed by atoms with Crippen LogP contribution in [0.15, 0.2) is 43.1 Å². The summed E-state index contributed by atoms with van der Waals surface area (Å²) < 4.78 is 0. The molecule has 5 rings (SSSR count). The van der Waals surface area contributed by atoms with Gasteiger partial charge in [0.25, 0.3) is 0 Å². The first-order chi connectivity index (χ1) is 12.4. The van der Waals surface area contributed by atoms with Crippen molar-refractivity contribution in [3.63, 3.8) is 0 Å². The minimum atomic E-state index is 0.627. The molecule has 0 atom stereocenters. The number of fused-ring (bicyclic) bond motifs is 1. The van der Waals surface area contributed by atoms with Gasteiger partial charge in [0.15, 0.2) is 5.82 Å². The molecule has 6 nitrogen and oxygen atoms in total. The molecule has 1 saturated heterocycles. The maximum absolute atomic E-state index is 4.63. The van der Waals surface area contributed by atoms with Gasteiger partial charge in [-0.1, -0.05) is 0 Å². The van der Waals surface area contributed by atoms with E-state index in [0.29, 0.717) is 5.92 Å². The lowest BCUT2D eigenvalue weighted by Gasteiger charge is -2.37. The molecule has 3 heterocycles. The summed E-state index contributed by atoms with van der Waals surface area (Å²) in [6, 6.07) is 6.42. The van der Waals surface area contributed by atoms with E-state index >= 15 is 0 Å². The zero-order valence-electron chi connectivity index (χ0n) is 14.0. The second-order valence-electron chi connectivity index (χ2n) is 6.78. The number of benzene rings is 1. The van der Waals surface area contributed by atoms with Gasteiger partial charge in [0.1, 0.15) is 6.33 Å². The van der Waals surface area contributed by atoms with E-state index in [0.717, 1.165) is 42.9 Å². The molecule has 2 fully saturated rings. The van der Waals surface area contributed by atoms with E-state index in [2.05, 4.69) is 47.9 Å². The molecule has 3 aromatic rings. The van der Waals surface area contributed by atoms with Crippen LogP contribution < -0.4 is 9.80 Å². The molecular weight excluding hydrogens is 312 g/mol. The third-order valence-corrected chi connectivity index (χ3v) is 5.10. The van der Waals surface area contributed by atoms with E-state index in [1.54, 1.807) is 6.33 Å². The number of hydrogen-bond acceptors (Lipinski definition) is 6. The van der Waals surface area contributed by atoms with Crippen LogP contribution in [0.3, 0.4) is 0 Å². The number of aromatic nitrogens is 4.